The lowest BCUT2D eigenvalue weighted by Crippen LogP contribution is -2.51. The number of aliphatic hydroxyl groups is 1. The van der Waals surface area contributed by atoms with E-state index in [0.29, 0.717) is 25.4 Å². The second-order valence-corrected chi connectivity index (χ2v) is 4.32. The summed E-state index contributed by atoms with van der Waals surface area (Å²) >= 11 is 0. The fourth-order valence-corrected chi connectivity index (χ4v) is 1.91. The molecule has 0 aliphatic heterocycles. The quantitative estimate of drug-likeness (QED) is 0.626. The van der Waals surface area contributed by atoms with Gasteiger partial charge in [0.1, 0.15) is 0 Å². The van der Waals surface area contributed by atoms with Crippen molar-refractivity contribution < 1.29 is 9.90 Å². The molecule has 0 aromatic heterocycles. The highest BCUT2D eigenvalue weighted by Gasteiger charge is 2.30. The molecule has 0 saturated heterocycles. The summed E-state index contributed by atoms with van der Waals surface area (Å²) < 4.78 is 0. The number of carbonyl (C=O) groups is 1. The van der Waals surface area contributed by atoms with E-state index in [1.807, 2.05) is 4.90 Å². The van der Waals surface area contributed by atoms with E-state index >= 15 is 0 Å². The van der Waals surface area contributed by atoms with Gasteiger partial charge in [0.25, 0.3) is 0 Å². The van der Waals surface area contributed by atoms with Crippen molar-refractivity contribution in [2.24, 2.45) is 5.73 Å². The molecule has 4 heteroatoms. The Balaban J connectivity index is 2.52. The van der Waals surface area contributed by atoms with Gasteiger partial charge in [-0.3, -0.25) is 4.79 Å². The smallest absolute Gasteiger partial charge is 0.240 e. The molecule has 3 N–H and O–H groups in total. The molecule has 1 saturated carbocycles. The largest absolute Gasteiger partial charge is 0.396 e. The molecule has 92 valence electrons. The van der Waals surface area contributed by atoms with Gasteiger partial charge in [0.15, 0.2) is 0 Å². The number of hydrogen-bond donors (Lipinski definition) is 2. The number of aliphatic hydroxyl groups excluding tert-OH is 1. The zero-order valence-corrected chi connectivity index (χ0v) is 9.77. The maximum atomic E-state index is 12.0. The molecule has 0 aromatic carbocycles. The standard InChI is InChI=1S/C12H22N2O2/c1-2-5-11(13)12(16)14(8-4-9-15)10-6-3-7-10/h2,10-11,15H,1,3-9,13H2. The minimum Gasteiger partial charge on any atom is -0.396 e. The van der Waals surface area contributed by atoms with Gasteiger partial charge in [0, 0.05) is 19.2 Å². The number of rotatable bonds is 7. The molecular formula is C12H22N2O2. The maximum Gasteiger partial charge on any atom is 0.240 e. The first-order valence-corrected chi connectivity index (χ1v) is 5.98. The van der Waals surface area contributed by atoms with Gasteiger partial charge in [-0.25, -0.2) is 0 Å². The Morgan fingerprint density at radius 1 is 1.62 bits per heavy atom. The molecule has 0 bridgehead atoms. The van der Waals surface area contributed by atoms with Gasteiger partial charge in [0.05, 0.1) is 6.04 Å². The fourth-order valence-electron chi connectivity index (χ4n) is 1.91. The summed E-state index contributed by atoms with van der Waals surface area (Å²) in [6.45, 7) is 4.33. The molecule has 1 amide bonds. The summed E-state index contributed by atoms with van der Waals surface area (Å²) in [6.07, 6.45) is 6.14. The number of carbonyl (C=O) groups excluding carboxylic acids is 1. The Labute approximate surface area is 97.1 Å². The maximum absolute atomic E-state index is 12.0. The first-order valence-electron chi connectivity index (χ1n) is 5.98. The third-order valence-corrected chi connectivity index (χ3v) is 3.09. The zero-order chi connectivity index (χ0) is 12.0. The highest BCUT2D eigenvalue weighted by atomic mass is 16.3. The monoisotopic (exact) mass is 226 g/mol. The van der Waals surface area contributed by atoms with Gasteiger partial charge < -0.3 is 15.7 Å². The van der Waals surface area contributed by atoms with E-state index in [0.717, 1.165) is 12.8 Å². The summed E-state index contributed by atoms with van der Waals surface area (Å²) in [5.41, 5.74) is 5.79. The Bertz CT molecular complexity index is 239. The Morgan fingerprint density at radius 2 is 2.31 bits per heavy atom. The van der Waals surface area contributed by atoms with Crippen molar-refractivity contribution in [3.8, 4) is 0 Å². The Morgan fingerprint density at radius 3 is 2.75 bits per heavy atom. The molecule has 4 nitrogen and oxygen atoms in total. The average Bonchev–Trinajstić information content (AvgIpc) is 2.20. The molecule has 1 unspecified atom stereocenters. The molecule has 1 aliphatic rings. The molecule has 1 aliphatic carbocycles. The number of hydrogen-bond acceptors (Lipinski definition) is 3. The van der Waals surface area contributed by atoms with Crippen LogP contribution in [0.4, 0.5) is 0 Å². The van der Waals surface area contributed by atoms with E-state index < -0.39 is 6.04 Å². The second-order valence-electron chi connectivity index (χ2n) is 4.32. The predicted octanol–water partition coefficient (Wildman–Crippen LogP) is 0.653. The Hall–Kier alpha value is -0.870. The number of nitrogens with two attached hydrogens (primary N) is 1. The van der Waals surface area contributed by atoms with Crippen LogP contribution in [0.1, 0.15) is 32.1 Å². The lowest BCUT2D eigenvalue weighted by Gasteiger charge is -2.38. The first-order chi connectivity index (χ1) is 7.70. The van der Waals surface area contributed by atoms with Crippen molar-refractivity contribution in [1.29, 1.82) is 0 Å². The van der Waals surface area contributed by atoms with E-state index in [2.05, 4.69) is 6.58 Å². The molecule has 1 rings (SSSR count). The number of nitrogens with zero attached hydrogens (tertiary/aromatic N) is 1. The molecule has 1 atom stereocenters. The van der Waals surface area contributed by atoms with Crippen LogP contribution in [0.5, 0.6) is 0 Å². The molecule has 0 heterocycles. The van der Waals surface area contributed by atoms with E-state index in [-0.39, 0.29) is 12.5 Å². The van der Waals surface area contributed by atoms with Crippen LogP contribution in [0.2, 0.25) is 0 Å². The van der Waals surface area contributed by atoms with Gasteiger partial charge in [-0.1, -0.05) is 6.08 Å². The van der Waals surface area contributed by atoms with Crippen molar-refractivity contribution in [3.63, 3.8) is 0 Å². The van der Waals surface area contributed by atoms with Crippen molar-refractivity contribution in [3.05, 3.63) is 12.7 Å². The SMILES string of the molecule is C=CCC(N)C(=O)N(CCCO)C1CCC1. The normalized spacial score (nSPS) is 17.6. The molecular weight excluding hydrogens is 204 g/mol. The molecule has 16 heavy (non-hydrogen) atoms. The predicted molar refractivity (Wildman–Crippen MR) is 63.8 cm³/mol. The van der Waals surface area contributed by atoms with Crippen LogP contribution in [0.3, 0.4) is 0 Å². The highest BCUT2D eigenvalue weighted by molar-refractivity contribution is 5.82. The zero-order valence-electron chi connectivity index (χ0n) is 9.77. The summed E-state index contributed by atoms with van der Waals surface area (Å²) in [5.74, 6) is -0.00181. The van der Waals surface area contributed by atoms with Crippen LogP contribution in [0, 0.1) is 0 Å². The van der Waals surface area contributed by atoms with Gasteiger partial charge >= 0.3 is 0 Å². The van der Waals surface area contributed by atoms with Crippen molar-refractivity contribution in [2.45, 2.75) is 44.2 Å². The van der Waals surface area contributed by atoms with Crippen molar-refractivity contribution >= 4 is 5.91 Å². The van der Waals surface area contributed by atoms with Gasteiger partial charge in [-0.2, -0.15) is 0 Å². The third-order valence-electron chi connectivity index (χ3n) is 3.09. The fraction of sp³-hybridized carbons (Fsp3) is 0.750. The van der Waals surface area contributed by atoms with Gasteiger partial charge in [-0.15, -0.1) is 6.58 Å². The van der Waals surface area contributed by atoms with Gasteiger partial charge in [-0.05, 0) is 32.1 Å². The average molecular weight is 226 g/mol. The lowest BCUT2D eigenvalue weighted by molar-refractivity contribution is -0.136. The molecule has 0 spiro atoms. The highest BCUT2D eigenvalue weighted by Crippen LogP contribution is 2.25. The summed E-state index contributed by atoms with van der Waals surface area (Å²) in [5, 5.41) is 8.83. The summed E-state index contributed by atoms with van der Waals surface area (Å²) in [6, 6.07) is -0.133. The summed E-state index contributed by atoms with van der Waals surface area (Å²) in [7, 11) is 0. The molecule has 0 aromatic rings. The first kappa shape index (κ1) is 13.2. The second kappa shape index (κ2) is 6.66. The van der Waals surface area contributed by atoms with Crippen molar-refractivity contribution in [2.75, 3.05) is 13.2 Å². The van der Waals surface area contributed by atoms with Gasteiger partial charge in [0.2, 0.25) is 5.91 Å². The Kier molecular flexibility index (Phi) is 5.49. The number of amides is 1. The van der Waals surface area contributed by atoms with Crippen LogP contribution in [-0.2, 0) is 4.79 Å². The van der Waals surface area contributed by atoms with Crippen molar-refractivity contribution in [1.82, 2.24) is 4.90 Å². The van der Waals surface area contributed by atoms with Crippen LogP contribution in [0.25, 0.3) is 0 Å². The lowest BCUT2D eigenvalue weighted by atomic mass is 9.90. The van der Waals surface area contributed by atoms with E-state index in [9.17, 15) is 4.79 Å². The van der Waals surface area contributed by atoms with Crippen LogP contribution < -0.4 is 5.73 Å². The van der Waals surface area contributed by atoms with E-state index in [4.69, 9.17) is 10.8 Å². The van der Waals surface area contributed by atoms with Crippen LogP contribution >= 0.6 is 0 Å². The van der Waals surface area contributed by atoms with Crippen LogP contribution in [0.15, 0.2) is 12.7 Å². The van der Waals surface area contributed by atoms with E-state index in [1.54, 1.807) is 6.08 Å². The third kappa shape index (κ3) is 3.32. The summed E-state index contributed by atoms with van der Waals surface area (Å²) in [4.78, 5) is 13.9. The van der Waals surface area contributed by atoms with Crippen LogP contribution in [-0.4, -0.2) is 41.1 Å². The minimum atomic E-state index is -0.475. The molecule has 1 fully saturated rings. The topological polar surface area (TPSA) is 66.6 Å². The molecule has 0 radical (unpaired) electrons. The van der Waals surface area contributed by atoms with E-state index in [1.165, 1.54) is 6.42 Å². The minimum absolute atomic E-state index is 0.00181.